The van der Waals surface area contributed by atoms with Crippen LogP contribution in [0, 0.1) is 5.92 Å². The van der Waals surface area contributed by atoms with Crippen LogP contribution in [0.2, 0.25) is 0 Å². The van der Waals surface area contributed by atoms with Gasteiger partial charge in [0, 0.05) is 19.1 Å². The summed E-state index contributed by atoms with van der Waals surface area (Å²) in [7, 11) is 0. The third-order valence-corrected chi connectivity index (χ3v) is 4.10. The number of carbonyl (C=O) groups is 1. The number of nitrogens with one attached hydrogen (secondary N) is 2. The van der Waals surface area contributed by atoms with Crippen molar-refractivity contribution < 1.29 is 9.53 Å². The molecule has 0 saturated carbocycles. The predicted molar refractivity (Wildman–Crippen MR) is 88.8 cm³/mol. The summed E-state index contributed by atoms with van der Waals surface area (Å²) in [6, 6.07) is 10.4. The number of ether oxygens (including phenoxy) is 1. The molecule has 0 unspecified atom stereocenters. The van der Waals surface area contributed by atoms with Crippen molar-refractivity contribution in [1.82, 2.24) is 10.6 Å². The molecule has 4 heteroatoms. The lowest BCUT2D eigenvalue weighted by atomic mass is 9.97. The molecule has 122 valence electrons. The lowest BCUT2D eigenvalue weighted by molar-refractivity contribution is -0.125. The van der Waals surface area contributed by atoms with Gasteiger partial charge in [0.1, 0.15) is 0 Å². The number of benzene rings is 1. The molecule has 0 bridgehead atoms. The second-order valence-corrected chi connectivity index (χ2v) is 5.87. The van der Waals surface area contributed by atoms with Crippen molar-refractivity contribution in [3.8, 4) is 0 Å². The van der Waals surface area contributed by atoms with Crippen molar-refractivity contribution in [3.63, 3.8) is 0 Å². The zero-order valence-electron chi connectivity index (χ0n) is 13.4. The Morgan fingerprint density at radius 1 is 1.14 bits per heavy atom. The molecule has 2 N–H and O–H groups in total. The molecule has 0 atom stereocenters. The molecule has 4 nitrogen and oxygen atoms in total. The zero-order valence-corrected chi connectivity index (χ0v) is 13.4. The molecule has 1 amide bonds. The molecule has 22 heavy (non-hydrogen) atoms. The van der Waals surface area contributed by atoms with Crippen LogP contribution in [0.5, 0.6) is 0 Å². The van der Waals surface area contributed by atoms with Crippen LogP contribution in [0.3, 0.4) is 0 Å². The first kappa shape index (κ1) is 17.0. The van der Waals surface area contributed by atoms with Crippen LogP contribution in [0.1, 0.15) is 31.2 Å². The second kappa shape index (κ2) is 10.4. The Hall–Kier alpha value is -1.39. The maximum Gasteiger partial charge on any atom is 0.223 e. The summed E-state index contributed by atoms with van der Waals surface area (Å²) in [5.74, 6) is 0.440. The summed E-state index contributed by atoms with van der Waals surface area (Å²) in [5.41, 5.74) is 1.32. The molecule has 0 aliphatic carbocycles. The molecule has 2 rings (SSSR count). The van der Waals surface area contributed by atoms with Crippen molar-refractivity contribution in [3.05, 3.63) is 35.9 Å². The maximum absolute atomic E-state index is 11.9. The largest absolute Gasteiger partial charge is 0.381 e. The van der Waals surface area contributed by atoms with Crippen LogP contribution in [0.25, 0.3) is 0 Å². The molecule has 1 aromatic rings. The quantitative estimate of drug-likeness (QED) is 0.687. The van der Waals surface area contributed by atoms with Crippen molar-refractivity contribution in [2.75, 3.05) is 32.8 Å². The Bertz CT molecular complexity index is 416. The molecule has 1 saturated heterocycles. The van der Waals surface area contributed by atoms with E-state index in [9.17, 15) is 4.79 Å². The van der Waals surface area contributed by atoms with E-state index in [1.54, 1.807) is 0 Å². The molecule has 0 spiro atoms. The van der Waals surface area contributed by atoms with Crippen LogP contribution < -0.4 is 10.6 Å². The fourth-order valence-electron chi connectivity index (χ4n) is 2.71. The highest BCUT2D eigenvalue weighted by molar-refractivity contribution is 5.78. The van der Waals surface area contributed by atoms with E-state index in [1.807, 2.05) is 6.07 Å². The smallest absolute Gasteiger partial charge is 0.223 e. The summed E-state index contributed by atoms with van der Waals surface area (Å²) in [6.07, 6.45) is 4.89. The van der Waals surface area contributed by atoms with Gasteiger partial charge in [-0.1, -0.05) is 30.3 Å². The van der Waals surface area contributed by atoms with Gasteiger partial charge in [0.2, 0.25) is 5.91 Å². The summed E-state index contributed by atoms with van der Waals surface area (Å²) < 4.78 is 5.64. The number of unbranched alkanes of at least 4 members (excludes halogenated alkanes) is 1. The maximum atomic E-state index is 11.9. The predicted octanol–water partition coefficient (Wildman–Crippen LogP) is 2.14. The fourth-order valence-corrected chi connectivity index (χ4v) is 2.71. The minimum Gasteiger partial charge on any atom is -0.381 e. The van der Waals surface area contributed by atoms with Gasteiger partial charge in [-0.05, 0) is 50.8 Å². The molecule has 0 radical (unpaired) electrons. The summed E-state index contributed by atoms with van der Waals surface area (Å²) >= 11 is 0. The average Bonchev–Trinajstić information content (AvgIpc) is 2.59. The van der Waals surface area contributed by atoms with Gasteiger partial charge in [-0.3, -0.25) is 4.79 Å². The van der Waals surface area contributed by atoms with Crippen molar-refractivity contribution in [1.29, 1.82) is 0 Å². The summed E-state index contributed by atoms with van der Waals surface area (Å²) in [4.78, 5) is 11.9. The van der Waals surface area contributed by atoms with Crippen LogP contribution in [-0.2, 0) is 16.0 Å². The van der Waals surface area contributed by atoms with Crippen molar-refractivity contribution >= 4 is 5.91 Å². The second-order valence-electron chi connectivity index (χ2n) is 5.87. The first-order valence-electron chi connectivity index (χ1n) is 8.46. The van der Waals surface area contributed by atoms with Gasteiger partial charge in [-0.15, -0.1) is 0 Å². The van der Waals surface area contributed by atoms with E-state index in [-0.39, 0.29) is 11.8 Å². The normalized spacial score (nSPS) is 15.6. The number of carbonyl (C=O) groups excluding carboxylic acids is 1. The van der Waals surface area contributed by atoms with E-state index in [0.29, 0.717) is 0 Å². The Morgan fingerprint density at radius 2 is 1.91 bits per heavy atom. The monoisotopic (exact) mass is 304 g/mol. The van der Waals surface area contributed by atoms with Crippen molar-refractivity contribution in [2.45, 2.75) is 32.1 Å². The molecule has 1 aliphatic rings. The minimum absolute atomic E-state index is 0.211. The third-order valence-electron chi connectivity index (χ3n) is 4.10. The molecular weight excluding hydrogens is 276 g/mol. The van der Waals surface area contributed by atoms with Gasteiger partial charge < -0.3 is 15.4 Å². The number of amides is 1. The fraction of sp³-hybridized carbons (Fsp3) is 0.611. The SMILES string of the molecule is O=C(NCCCCOCCc1ccccc1)C1CCNCC1. The highest BCUT2D eigenvalue weighted by atomic mass is 16.5. The minimum atomic E-state index is 0.211. The van der Waals surface area contributed by atoms with E-state index in [4.69, 9.17) is 4.74 Å². The van der Waals surface area contributed by atoms with Crippen LogP contribution >= 0.6 is 0 Å². The zero-order chi connectivity index (χ0) is 15.5. The van der Waals surface area contributed by atoms with E-state index in [2.05, 4.69) is 34.9 Å². The highest BCUT2D eigenvalue weighted by Crippen LogP contribution is 2.11. The molecule has 0 aromatic heterocycles. The van der Waals surface area contributed by atoms with Gasteiger partial charge in [-0.25, -0.2) is 0 Å². The molecule has 1 aliphatic heterocycles. The Labute approximate surface area is 133 Å². The average molecular weight is 304 g/mol. The molecule has 1 heterocycles. The van der Waals surface area contributed by atoms with Gasteiger partial charge in [-0.2, -0.15) is 0 Å². The number of piperidine rings is 1. The van der Waals surface area contributed by atoms with Crippen LogP contribution in [0.4, 0.5) is 0 Å². The van der Waals surface area contributed by atoms with Gasteiger partial charge in [0.15, 0.2) is 0 Å². The van der Waals surface area contributed by atoms with Crippen molar-refractivity contribution in [2.24, 2.45) is 5.92 Å². The first-order valence-corrected chi connectivity index (χ1v) is 8.46. The van der Waals surface area contributed by atoms with E-state index in [1.165, 1.54) is 5.56 Å². The topological polar surface area (TPSA) is 50.4 Å². The summed E-state index contributed by atoms with van der Waals surface area (Å²) in [5, 5.41) is 6.33. The number of hydrogen-bond donors (Lipinski definition) is 2. The highest BCUT2D eigenvalue weighted by Gasteiger charge is 2.19. The van der Waals surface area contributed by atoms with E-state index >= 15 is 0 Å². The van der Waals surface area contributed by atoms with E-state index < -0.39 is 0 Å². The van der Waals surface area contributed by atoms with Gasteiger partial charge in [0.05, 0.1) is 6.61 Å². The van der Waals surface area contributed by atoms with Crippen LogP contribution in [-0.4, -0.2) is 38.8 Å². The summed E-state index contributed by atoms with van der Waals surface area (Å²) in [6.45, 7) is 4.24. The Balaban J connectivity index is 1.42. The standard InChI is InChI=1S/C18H28N2O2/c21-18(17-8-12-19-13-9-17)20-11-4-5-14-22-15-10-16-6-2-1-3-7-16/h1-3,6-7,17,19H,4-5,8-15H2,(H,20,21). The van der Waals surface area contributed by atoms with Gasteiger partial charge in [0.25, 0.3) is 0 Å². The molecular formula is C18H28N2O2. The Morgan fingerprint density at radius 3 is 2.68 bits per heavy atom. The Kier molecular flexibility index (Phi) is 7.99. The first-order chi connectivity index (χ1) is 10.9. The number of rotatable bonds is 9. The number of hydrogen-bond acceptors (Lipinski definition) is 3. The lowest BCUT2D eigenvalue weighted by Crippen LogP contribution is -2.38. The third kappa shape index (κ3) is 6.58. The molecule has 1 fully saturated rings. The molecule has 1 aromatic carbocycles. The lowest BCUT2D eigenvalue weighted by Gasteiger charge is -2.21. The van der Waals surface area contributed by atoms with Gasteiger partial charge >= 0.3 is 0 Å². The van der Waals surface area contributed by atoms with Crippen LogP contribution in [0.15, 0.2) is 30.3 Å². The van der Waals surface area contributed by atoms with E-state index in [0.717, 1.165) is 65.0 Å².